The van der Waals surface area contributed by atoms with Crippen LogP contribution < -0.4 is 10.2 Å². The third-order valence-corrected chi connectivity index (χ3v) is 4.85. The molecule has 0 spiro atoms. The van der Waals surface area contributed by atoms with Crippen LogP contribution in [-0.4, -0.2) is 13.6 Å². The van der Waals surface area contributed by atoms with Gasteiger partial charge >= 0.3 is 0 Å². The maximum absolute atomic E-state index is 3.52. The molecule has 2 nitrogen and oxygen atoms in total. The van der Waals surface area contributed by atoms with Gasteiger partial charge in [-0.2, -0.15) is 0 Å². The molecule has 0 fully saturated rings. The number of nitrogens with one attached hydrogen (secondary N) is 1. The Hall–Kier alpha value is -0.840. The molecule has 1 aromatic heterocycles. The van der Waals surface area contributed by atoms with Gasteiger partial charge in [-0.05, 0) is 63.6 Å². The van der Waals surface area contributed by atoms with Crippen molar-refractivity contribution in [1.82, 2.24) is 5.32 Å². The third kappa shape index (κ3) is 4.08. The number of aryl methyl sites for hydroxylation is 1. The van der Waals surface area contributed by atoms with Crippen LogP contribution in [-0.2, 0) is 13.1 Å². The second kappa shape index (κ2) is 7.25. The summed E-state index contributed by atoms with van der Waals surface area (Å²) in [4.78, 5) is 2.31. The van der Waals surface area contributed by atoms with Gasteiger partial charge in [0.1, 0.15) is 0 Å². The van der Waals surface area contributed by atoms with Crippen molar-refractivity contribution in [2.45, 2.75) is 26.9 Å². The third-order valence-electron chi connectivity index (χ3n) is 3.29. The summed E-state index contributed by atoms with van der Waals surface area (Å²) in [5, 5.41) is 5.57. The van der Waals surface area contributed by atoms with Gasteiger partial charge in [0.25, 0.3) is 0 Å². The molecule has 1 heterocycles. The molecular formula is C16H21BrN2S. The lowest BCUT2D eigenvalue weighted by molar-refractivity contribution is 0.726. The largest absolute Gasteiger partial charge is 0.370 e. The summed E-state index contributed by atoms with van der Waals surface area (Å²) < 4.78 is 1.19. The van der Waals surface area contributed by atoms with Crippen LogP contribution in [0, 0.1) is 6.92 Å². The monoisotopic (exact) mass is 352 g/mol. The molecule has 0 unspecified atom stereocenters. The first-order chi connectivity index (χ1) is 9.60. The predicted molar refractivity (Wildman–Crippen MR) is 92.7 cm³/mol. The molecule has 0 bridgehead atoms. The molecule has 0 aliphatic carbocycles. The number of hydrogen-bond acceptors (Lipinski definition) is 3. The van der Waals surface area contributed by atoms with Crippen molar-refractivity contribution in [2.24, 2.45) is 0 Å². The highest BCUT2D eigenvalue weighted by molar-refractivity contribution is 9.11. The Kier molecular flexibility index (Phi) is 5.64. The van der Waals surface area contributed by atoms with Crippen molar-refractivity contribution in [1.29, 1.82) is 0 Å². The van der Waals surface area contributed by atoms with Crippen molar-refractivity contribution in [3.05, 3.63) is 50.1 Å². The average molecular weight is 353 g/mol. The van der Waals surface area contributed by atoms with Gasteiger partial charge in [-0.25, -0.2) is 0 Å². The van der Waals surface area contributed by atoms with Crippen molar-refractivity contribution in [3.8, 4) is 0 Å². The number of nitrogens with zero attached hydrogens (tertiary/aromatic N) is 1. The molecule has 1 aromatic carbocycles. The van der Waals surface area contributed by atoms with E-state index in [2.05, 4.69) is 76.7 Å². The molecule has 2 rings (SSSR count). The Morgan fingerprint density at radius 1 is 1.25 bits per heavy atom. The van der Waals surface area contributed by atoms with Crippen LogP contribution in [0.5, 0.6) is 0 Å². The van der Waals surface area contributed by atoms with Crippen LogP contribution in [0.2, 0.25) is 0 Å². The van der Waals surface area contributed by atoms with Crippen LogP contribution in [0.25, 0.3) is 0 Å². The Labute approximate surface area is 133 Å². The summed E-state index contributed by atoms with van der Waals surface area (Å²) in [5.41, 5.74) is 5.32. The van der Waals surface area contributed by atoms with E-state index in [1.54, 1.807) is 11.3 Å². The molecule has 0 radical (unpaired) electrons. The van der Waals surface area contributed by atoms with Gasteiger partial charge in [-0.15, -0.1) is 11.3 Å². The Morgan fingerprint density at radius 2 is 2.05 bits per heavy atom. The second-order valence-corrected chi connectivity index (χ2v) is 7.31. The lowest BCUT2D eigenvalue weighted by Gasteiger charge is -2.21. The molecule has 20 heavy (non-hydrogen) atoms. The van der Waals surface area contributed by atoms with Gasteiger partial charge in [0, 0.05) is 25.8 Å². The lowest BCUT2D eigenvalue weighted by atomic mass is 10.1. The van der Waals surface area contributed by atoms with Crippen LogP contribution in [0.4, 0.5) is 5.69 Å². The highest BCUT2D eigenvalue weighted by atomic mass is 79.9. The van der Waals surface area contributed by atoms with Gasteiger partial charge in [0.2, 0.25) is 0 Å². The number of hydrogen-bond donors (Lipinski definition) is 1. The molecule has 4 heteroatoms. The molecule has 108 valence electrons. The van der Waals surface area contributed by atoms with Gasteiger partial charge in [0.05, 0.1) is 3.79 Å². The lowest BCUT2D eigenvalue weighted by Crippen LogP contribution is -2.17. The first-order valence-corrected chi connectivity index (χ1v) is 8.51. The van der Waals surface area contributed by atoms with Crippen LogP contribution >= 0.6 is 27.3 Å². The quantitative estimate of drug-likeness (QED) is 0.819. The van der Waals surface area contributed by atoms with Gasteiger partial charge < -0.3 is 10.2 Å². The molecule has 0 atom stereocenters. The molecular weight excluding hydrogens is 332 g/mol. The first-order valence-electron chi connectivity index (χ1n) is 6.84. The minimum atomic E-state index is 0.940. The average Bonchev–Trinajstić information content (AvgIpc) is 2.81. The number of anilines is 1. The van der Waals surface area contributed by atoms with Gasteiger partial charge in [-0.1, -0.05) is 19.1 Å². The maximum atomic E-state index is 3.52. The SMILES string of the molecule is CCNCc1ccc(N(C)Cc2csc(Br)c2)c(C)c1. The fourth-order valence-corrected chi connectivity index (χ4v) is 3.51. The topological polar surface area (TPSA) is 15.3 Å². The smallest absolute Gasteiger partial charge is 0.0701 e. The van der Waals surface area contributed by atoms with Crippen molar-refractivity contribution >= 4 is 33.0 Å². The normalized spacial score (nSPS) is 10.8. The van der Waals surface area contributed by atoms with Crippen molar-refractivity contribution < 1.29 is 0 Å². The maximum Gasteiger partial charge on any atom is 0.0701 e. The van der Waals surface area contributed by atoms with E-state index >= 15 is 0 Å². The van der Waals surface area contributed by atoms with E-state index in [-0.39, 0.29) is 0 Å². The number of thiophene rings is 1. The molecule has 2 aromatic rings. The summed E-state index contributed by atoms with van der Waals surface area (Å²) in [6.07, 6.45) is 0. The number of benzene rings is 1. The fourth-order valence-electron chi connectivity index (χ4n) is 2.31. The zero-order valence-corrected chi connectivity index (χ0v) is 14.6. The minimum Gasteiger partial charge on any atom is -0.370 e. The summed E-state index contributed by atoms with van der Waals surface area (Å²) >= 11 is 5.26. The van der Waals surface area contributed by atoms with E-state index in [9.17, 15) is 0 Å². The second-order valence-electron chi connectivity index (χ2n) is 5.02. The molecule has 0 saturated heterocycles. The van der Waals surface area contributed by atoms with E-state index < -0.39 is 0 Å². The molecule has 0 aliphatic rings. The first kappa shape index (κ1) is 15.5. The van der Waals surface area contributed by atoms with Gasteiger partial charge in [0.15, 0.2) is 0 Å². The standard InChI is InChI=1S/C16H21BrN2S/c1-4-18-9-13-5-6-15(12(2)7-13)19(3)10-14-8-16(17)20-11-14/h5-8,11,18H,4,9-10H2,1-3H3. The van der Waals surface area contributed by atoms with E-state index in [4.69, 9.17) is 0 Å². The molecule has 0 aliphatic heterocycles. The zero-order valence-electron chi connectivity index (χ0n) is 12.2. The summed E-state index contributed by atoms with van der Waals surface area (Å²) in [6, 6.07) is 8.91. The van der Waals surface area contributed by atoms with E-state index in [0.29, 0.717) is 0 Å². The van der Waals surface area contributed by atoms with E-state index in [1.165, 1.54) is 26.2 Å². The summed E-state index contributed by atoms with van der Waals surface area (Å²) in [7, 11) is 2.15. The molecule has 0 amide bonds. The van der Waals surface area contributed by atoms with Crippen LogP contribution in [0.15, 0.2) is 33.4 Å². The Morgan fingerprint density at radius 3 is 2.65 bits per heavy atom. The Balaban J connectivity index is 2.07. The minimum absolute atomic E-state index is 0.940. The van der Waals surface area contributed by atoms with E-state index in [1.807, 2.05) is 0 Å². The summed E-state index contributed by atoms with van der Waals surface area (Å²) in [5.74, 6) is 0. The number of halogens is 1. The summed E-state index contributed by atoms with van der Waals surface area (Å²) in [6.45, 7) is 7.21. The highest BCUT2D eigenvalue weighted by Gasteiger charge is 2.07. The highest BCUT2D eigenvalue weighted by Crippen LogP contribution is 2.25. The van der Waals surface area contributed by atoms with Crippen LogP contribution in [0.1, 0.15) is 23.6 Å². The predicted octanol–water partition coefficient (Wildman–Crippen LogP) is 4.56. The fraction of sp³-hybridized carbons (Fsp3) is 0.375. The van der Waals surface area contributed by atoms with E-state index in [0.717, 1.165) is 19.6 Å². The molecule has 1 N–H and O–H groups in total. The zero-order chi connectivity index (χ0) is 14.5. The number of rotatable bonds is 6. The Bertz CT molecular complexity index is 565. The van der Waals surface area contributed by atoms with Crippen molar-refractivity contribution in [3.63, 3.8) is 0 Å². The molecule has 0 saturated carbocycles. The van der Waals surface area contributed by atoms with Gasteiger partial charge in [-0.3, -0.25) is 0 Å². The van der Waals surface area contributed by atoms with Crippen molar-refractivity contribution in [2.75, 3.05) is 18.5 Å². The van der Waals surface area contributed by atoms with Crippen LogP contribution in [0.3, 0.4) is 0 Å².